The van der Waals surface area contributed by atoms with E-state index in [1.165, 1.54) is 0 Å². The van der Waals surface area contributed by atoms with Gasteiger partial charge < -0.3 is 9.31 Å². The summed E-state index contributed by atoms with van der Waals surface area (Å²) in [6.45, 7) is 12.1. The van der Waals surface area contributed by atoms with Crippen LogP contribution in [0.3, 0.4) is 0 Å². The molecule has 0 aromatic carbocycles. The van der Waals surface area contributed by atoms with E-state index < -0.39 is 7.12 Å². The highest BCUT2D eigenvalue weighted by atomic mass is 16.7. The fraction of sp³-hybridized carbons (Fsp3) is 0.462. The third kappa shape index (κ3) is 2.15. The molecule has 0 spiro atoms. The van der Waals surface area contributed by atoms with E-state index in [-0.39, 0.29) is 11.2 Å². The summed E-state index contributed by atoms with van der Waals surface area (Å²) >= 11 is 0. The minimum Gasteiger partial charge on any atom is -0.399 e. The first-order chi connectivity index (χ1) is 7.83. The fourth-order valence-corrected chi connectivity index (χ4v) is 1.66. The minimum absolute atomic E-state index is 0.338. The Morgan fingerprint density at radius 1 is 1.18 bits per heavy atom. The SMILES string of the molecule is C=C(B1OC(C)(C)C(C)(C)O1)c1ccccn1. The highest BCUT2D eigenvalue weighted by Gasteiger charge is 2.52. The van der Waals surface area contributed by atoms with Gasteiger partial charge >= 0.3 is 7.12 Å². The zero-order valence-corrected chi connectivity index (χ0v) is 10.9. The van der Waals surface area contributed by atoms with Crippen molar-refractivity contribution in [2.24, 2.45) is 0 Å². The molecule has 2 rings (SSSR count). The van der Waals surface area contributed by atoms with Crippen LogP contribution < -0.4 is 0 Å². The molecule has 1 aliphatic heterocycles. The second-order valence-corrected chi connectivity index (χ2v) is 5.33. The predicted octanol–water partition coefficient (Wildman–Crippen LogP) is 2.73. The summed E-state index contributed by atoms with van der Waals surface area (Å²) in [7, 11) is -0.421. The summed E-state index contributed by atoms with van der Waals surface area (Å²) in [6.07, 6.45) is 1.74. The van der Waals surface area contributed by atoms with Crippen LogP contribution in [0.2, 0.25) is 0 Å². The van der Waals surface area contributed by atoms with Gasteiger partial charge in [-0.1, -0.05) is 12.6 Å². The molecule has 1 saturated heterocycles. The average molecular weight is 231 g/mol. The first-order valence-corrected chi connectivity index (χ1v) is 5.79. The van der Waals surface area contributed by atoms with E-state index >= 15 is 0 Å². The normalized spacial score (nSPS) is 21.5. The summed E-state index contributed by atoms with van der Waals surface area (Å²) in [5, 5.41) is 0. The number of nitrogens with zero attached hydrogens (tertiary/aromatic N) is 1. The van der Waals surface area contributed by atoms with Crippen LogP contribution in [0.4, 0.5) is 0 Å². The molecule has 1 aromatic heterocycles. The van der Waals surface area contributed by atoms with Crippen LogP contribution in [-0.4, -0.2) is 23.3 Å². The van der Waals surface area contributed by atoms with Gasteiger partial charge in [-0.2, -0.15) is 0 Å². The lowest BCUT2D eigenvalue weighted by molar-refractivity contribution is 0.00578. The van der Waals surface area contributed by atoms with Gasteiger partial charge in [0, 0.05) is 11.7 Å². The monoisotopic (exact) mass is 231 g/mol. The van der Waals surface area contributed by atoms with Gasteiger partial charge in [-0.05, 0) is 39.8 Å². The van der Waals surface area contributed by atoms with Gasteiger partial charge in [0.15, 0.2) is 0 Å². The largest absolute Gasteiger partial charge is 0.496 e. The van der Waals surface area contributed by atoms with Crippen LogP contribution in [0.1, 0.15) is 33.4 Å². The molecule has 0 radical (unpaired) electrons. The highest BCUT2D eigenvalue weighted by molar-refractivity contribution is 6.68. The van der Waals surface area contributed by atoms with Crippen molar-refractivity contribution in [3.05, 3.63) is 36.7 Å². The molecule has 0 atom stereocenters. The molecule has 1 fully saturated rings. The molecule has 90 valence electrons. The van der Waals surface area contributed by atoms with Crippen LogP contribution in [0, 0.1) is 0 Å². The van der Waals surface area contributed by atoms with Gasteiger partial charge in [0.2, 0.25) is 0 Å². The summed E-state index contributed by atoms with van der Waals surface area (Å²) < 4.78 is 11.8. The Morgan fingerprint density at radius 2 is 1.76 bits per heavy atom. The van der Waals surface area contributed by atoms with Crippen molar-refractivity contribution in [1.82, 2.24) is 4.98 Å². The minimum atomic E-state index is -0.421. The van der Waals surface area contributed by atoms with E-state index in [0.717, 1.165) is 11.2 Å². The number of pyridine rings is 1. The zero-order valence-electron chi connectivity index (χ0n) is 10.9. The average Bonchev–Trinajstić information content (AvgIpc) is 2.48. The van der Waals surface area contributed by atoms with E-state index in [2.05, 4.69) is 11.6 Å². The molecule has 0 amide bonds. The van der Waals surface area contributed by atoms with E-state index in [1.807, 2.05) is 45.9 Å². The van der Waals surface area contributed by atoms with Crippen molar-refractivity contribution in [2.45, 2.75) is 38.9 Å². The maximum atomic E-state index is 5.92. The quantitative estimate of drug-likeness (QED) is 0.733. The fourth-order valence-electron chi connectivity index (χ4n) is 1.66. The number of hydrogen-bond acceptors (Lipinski definition) is 3. The summed E-state index contributed by atoms with van der Waals surface area (Å²) in [5.74, 6) is 0. The van der Waals surface area contributed by atoms with Crippen molar-refractivity contribution in [3.63, 3.8) is 0 Å². The third-order valence-electron chi connectivity index (χ3n) is 3.53. The molecule has 3 nitrogen and oxygen atoms in total. The van der Waals surface area contributed by atoms with E-state index in [4.69, 9.17) is 9.31 Å². The van der Waals surface area contributed by atoms with Crippen LogP contribution >= 0.6 is 0 Å². The lowest BCUT2D eigenvalue weighted by Crippen LogP contribution is -2.41. The van der Waals surface area contributed by atoms with Crippen molar-refractivity contribution < 1.29 is 9.31 Å². The van der Waals surface area contributed by atoms with Gasteiger partial charge in [-0.15, -0.1) is 0 Å². The highest BCUT2D eigenvalue weighted by Crippen LogP contribution is 2.39. The van der Waals surface area contributed by atoms with Crippen LogP contribution in [0.15, 0.2) is 31.0 Å². The molecule has 4 heteroatoms. The Bertz CT molecular complexity index is 412. The molecule has 0 aliphatic carbocycles. The Hall–Kier alpha value is -1.13. The van der Waals surface area contributed by atoms with E-state index in [9.17, 15) is 0 Å². The molecule has 0 bridgehead atoms. The predicted molar refractivity (Wildman–Crippen MR) is 69.4 cm³/mol. The summed E-state index contributed by atoms with van der Waals surface area (Å²) in [5.41, 5.74) is 0.903. The van der Waals surface area contributed by atoms with Gasteiger partial charge in [-0.3, -0.25) is 4.98 Å². The molecule has 0 N–H and O–H groups in total. The van der Waals surface area contributed by atoms with Crippen LogP contribution in [0.25, 0.3) is 5.47 Å². The van der Waals surface area contributed by atoms with Crippen molar-refractivity contribution in [1.29, 1.82) is 0 Å². The van der Waals surface area contributed by atoms with Gasteiger partial charge in [0.05, 0.1) is 16.9 Å². The van der Waals surface area contributed by atoms with Crippen LogP contribution in [0.5, 0.6) is 0 Å². The molecular weight excluding hydrogens is 213 g/mol. The zero-order chi connectivity index (χ0) is 12.7. The molecule has 1 aromatic rings. The first-order valence-electron chi connectivity index (χ1n) is 5.79. The standard InChI is InChI=1S/C13H18BNO2/c1-10(11-8-6-7-9-15-11)14-16-12(2,3)13(4,5)17-14/h6-9H,1H2,2-5H3. The Balaban J connectivity index is 2.20. The van der Waals surface area contributed by atoms with Crippen LogP contribution in [-0.2, 0) is 9.31 Å². The molecule has 17 heavy (non-hydrogen) atoms. The van der Waals surface area contributed by atoms with Gasteiger partial charge in [-0.25, -0.2) is 0 Å². The second-order valence-electron chi connectivity index (χ2n) is 5.33. The maximum Gasteiger partial charge on any atom is 0.496 e. The Labute approximate surface area is 103 Å². The topological polar surface area (TPSA) is 31.4 Å². The van der Waals surface area contributed by atoms with Crippen molar-refractivity contribution >= 4 is 12.6 Å². The Morgan fingerprint density at radius 3 is 2.24 bits per heavy atom. The third-order valence-corrected chi connectivity index (χ3v) is 3.53. The van der Waals surface area contributed by atoms with Gasteiger partial charge in [0.25, 0.3) is 0 Å². The Kier molecular flexibility index (Phi) is 2.88. The molecular formula is C13H18BNO2. The first kappa shape index (κ1) is 12.3. The lowest BCUT2D eigenvalue weighted by atomic mass is 9.77. The molecule has 0 unspecified atom stereocenters. The van der Waals surface area contributed by atoms with E-state index in [0.29, 0.717) is 0 Å². The summed E-state index contributed by atoms with van der Waals surface area (Å²) in [6, 6.07) is 5.72. The molecule has 0 saturated carbocycles. The molecule has 2 heterocycles. The number of rotatable bonds is 2. The summed E-state index contributed by atoms with van der Waals surface area (Å²) in [4.78, 5) is 4.26. The maximum absolute atomic E-state index is 5.92. The lowest BCUT2D eigenvalue weighted by Gasteiger charge is -2.32. The molecule has 1 aliphatic rings. The van der Waals surface area contributed by atoms with Crippen molar-refractivity contribution in [2.75, 3.05) is 0 Å². The number of aromatic nitrogens is 1. The van der Waals surface area contributed by atoms with Crippen molar-refractivity contribution in [3.8, 4) is 0 Å². The van der Waals surface area contributed by atoms with E-state index in [1.54, 1.807) is 6.20 Å². The number of hydrogen-bond donors (Lipinski definition) is 0. The smallest absolute Gasteiger partial charge is 0.399 e. The second kappa shape index (κ2) is 3.96. The van der Waals surface area contributed by atoms with Gasteiger partial charge in [0.1, 0.15) is 0 Å².